The molecule has 1 aliphatic carbocycles. The van der Waals surface area contributed by atoms with Gasteiger partial charge in [-0.05, 0) is 31.4 Å². The summed E-state index contributed by atoms with van der Waals surface area (Å²) in [4.78, 5) is 12.3. The minimum Gasteiger partial charge on any atom is -0.342 e. The molecule has 6 nitrogen and oxygen atoms in total. The number of H-pyrrole nitrogens is 1. The van der Waals surface area contributed by atoms with E-state index in [9.17, 15) is 0 Å². The highest BCUT2D eigenvalue weighted by Crippen LogP contribution is 2.32. The summed E-state index contributed by atoms with van der Waals surface area (Å²) in [6.07, 6.45) is 3.56. The molecule has 0 amide bonds. The van der Waals surface area contributed by atoms with Crippen LogP contribution in [0, 0.1) is 0 Å². The number of imidazole rings is 1. The Labute approximate surface area is 121 Å². The lowest BCUT2D eigenvalue weighted by Crippen LogP contribution is -2.14. The quantitative estimate of drug-likeness (QED) is 0.768. The molecule has 108 valence electrons. The van der Waals surface area contributed by atoms with Gasteiger partial charge in [0.05, 0.1) is 17.5 Å². The van der Waals surface area contributed by atoms with E-state index in [2.05, 4.69) is 20.1 Å². The van der Waals surface area contributed by atoms with Crippen molar-refractivity contribution in [2.45, 2.75) is 37.6 Å². The van der Waals surface area contributed by atoms with Crippen LogP contribution >= 0.6 is 0 Å². The molecule has 2 aromatic heterocycles. The van der Waals surface area contributed by atoms with E-state index in [0.717, 1.165) is 36.1 Å². The first kappa shape index (κ1) is 12.5. The summed E-state index contributed by atoms with van der Waals surface area (Å²) in [5, 5.41) is 4.06. The molecular weight excluding hydrogens is 266 g/mol. The second kappa shape index (κ2) is 4.96. The number of nitrogens with zero attached hydrogens (tertiary/aromatic N) is 3. The standard InChI is InChI=1S/C15H17N5O/c16-10-6-5-9(7-10)15-19-14(20-21-15)8-13-17-11-3-1-2-4-12(11)18-13/h1-4,9-10H,5-8,16H2,(H,17,18)/t9-,10+/m1/s1. The van der Waals surface area contributed by atoms with Crippen molar-refractivity contribution in [2.75, 3.05) is 0 Å². The fourth-order valence-electron chi connectivity index (χ4n) is 2.98. The number of nitrogens with one attached hydrogen (secondary N) is 1. The van der Waals surface area contributed by atoms with Gasteiger partial charge in [-0.15, -0.1) is 0 Å². The summed E-state index contributed by atoms with van der Waals surface area (Å²) >= 11 is 0. The average Bonchev–Trinajstić information content (AvgIpc) is 3.17. The van der Waals surface area contributed by atoms with Gasteiger partial charge >= 0.3 is 0 Å². The van der Waals surface area contributed by atoms with E-state index < -0.39 is 0 Å². The molecule has 1 aliphatic rings. The van der Waals surface area contributed by atoms with Crippen molar-refractivity contribution in [1.29, 1.82) is 0 Å². The first-order chi connectivity index (χ1) is 10.3. The van der Waals surface area contributed by atoms with Crippen LogP contribution in [0.5, 0.6) is 0 Å². The molecule has 3 N–H and O–H groups in total. The molecule has 6 heteroatoms. The Morgan fingerprint density at radius 2 is 2.14 bits per heavy atom. The van der Waals surface area contributed by atoms with Crippen LogP contribution in [0.1, 0.15) is 42.7 Å². The maximum Gasteiger partial charge on any atom is 0.229 e. The maximum atomic E-state index is 5.93. The SMILES string of the molecule is N[C@H]1CC[C@@H](c2nc(Cc3nc4ccccc4[nH]3)no2)C1. The highest BCUT2D eigenvalue weighted by molar-refractivity contribution is 5.74. The van der Waals surface area contributed by atoms with Crippen LogP contribution in [0.2, 0.25) is 0 Å². The van der Waals surface area contributed by atoms with Gasteiger partial charge in [-0.1, -0.05) is 17.3 Å². The number of aromatic nitrogens is 4. The minimum atomic E-state index is 0.265. The van der Waals surface area contributed by atoms with Crippen LogP contribution in [-0.2, 0) is 6.42 Å². The van der Waals surface area contributed by atoms with Crippen LogP contribution in [0.25, 0.3) is 11.0 Å². The molecule has 0 spiro atoms. The first-order valence-corrected chi connectivity index (χ1v) is 7.29. The van der Waals surface area contributed by atoms with Crippen LogP contribution in [-0.4, -0.2) is 26.2 Å². The van der Waals surface area contributed by atoms with Crippen molar-refractivity contribution in [3.8, 4) is 0 Å². The van der Waals surface area contributed by atoms with Gasteiger partial charge in [0.25, 0.3) is 0 Å². The van der Waals surface area contributed by atoms with E-state index in [1.54, 1.807) is 0 Å². The number of para-hydroxylation sites is 2. The van der Waals surface area contributed by atoms with E-state index in [0.29, 0.717) is 24.1 Å². The number of nitrogens with two attached hydrogens (primary N) is 1. The molecule has 21 heavy (non-hydrogen) atoms. The molecule has 3 aromatic rings. The predicted octanol–water partition coefficient (Wildman–Crippen LogP) is 2.13. The van der Waals surface area contributed by atoms with Crippen molar-refractivity contribution < 1.29 is 4.52 Å². The van der Waals surface area contributed by atoms with Crippen LogP contribution < -0.4 is 5.73 Å². The monoisotopic (exact) mass is 283 g/mol. The van der Waals surface area contributed by atoms with Crippen molar-refractivity contribution in [3.05, 3.63) is 41.8 Å². The van der Waals surface area contributed by atoms with Gasteiger partial charge in [0, 0.05) is 12.0 Å². The molecule has 0 aliphatic heterocycles. The molecule has 1 fully saturated rings. The largest absolute Gasteiger partial charge is 0.342 e. The lowest BCUT2D eigenvalue weighted by Gasteiger charge is -2.01. The van der Waals surface area contributed by atoms with Crippen molar-refractivity contribution >= 4 is 11.0 Å². The van der Waals surface area contributed by atoms with E-state index >= 15 is 0 Å². The second-order valence-corrected chi connectivity index (χ2v) is 5.70. The zero-order valence-electron chi connectivity index (χ0n) is 11.6. The van der Waals surface area contributed by atoms with Crippen LogP contribution in [0.4, 0.5) is 0 Å². The van der Waals surface area contributed by atoms with E-state index in [-0.39, 0.29) is 6.04 Å². The zero-order chi connectivity index (χ0) is 14.2. The topological polar surface area (TPSA) is 93.6 Å². The Kier molecular flexibility index (Phi) is 2.96. The third-order valence-corrected chi connectivity index (χ3v) is 4.07. The summed E-state index contributed by atoms with van der Waals surface area (Å²) in [5.74, 6) is 2.56. The molecule has 1 aromatic carbocycles. The first-order valence-electron chi connectivity index (χ1n) is 7.29. The van der Waals surface area contributed by atoms with Crippen molar-refractivity contribution in [2.24, 2.45) is 5.73 Å². The molecule has 2 heterocycles. The van der Waals surface area contributed by atoms with Crippen LogP contribution in [0.3, 0.4) is 0 Å². The van der Waals surface area contributed by atoms with Crippen LogP contribution in [0.15, 0.2) is 28.8 Å². The number of aromatic amines is 1. The number of rotatable bonds is 3. The second-order valence-electron chi connectivity index (χ2n) is 5.70. The van der Waals surface area contributed by atoms with Gasteiger partial charge in [0.1, 0.15) is 5.82 Å². The van der Waals surface area contributed by atoms with E-state index in [4.69, 9.17) is 10.3 Å². The van der Waals surface area contributed by atoms with E-state index in [1.807, 2.05) is 24.3 Å². The lowest BCUT2D eigenvalue weighted by molar-refractivity contribution is 0.349. The molecule has 0 saturated heterocycles. The number of benzene rings is 1. The summed E-state index contributed by atoms with van der Waals surface area (Å²) in [5.41, 5.74) is 7.91. The van der Waals surface area contributed by atoms with Gasteiger partial charge < -0.3 is 15.2 Å². The molecule has 0 unspecified atom stereocenters. The van der Waals surface area contributed by atoms with Gasteiger partial charge in [-0.3, -0.25) is 0 Å². The summed E-state index contributed by atoms with van der Waals surface area (Å²) in [6.45, 7) is 0. The molecule has 2 atom stereocenters. The molecule has 0 radical (unpaired) electrons. The van der Waals surface area contributed by atoms with Gasteiger partial charge in [-0.2, -0.15) is 4.98 Å². The number of hydrogen-bond donors (Lipinski definition) is 2. The van der Waals surface area contributed by atoms with Gasteiger partial charge in [0.2, 0.25) is 5.89 Å². The Balaban J connectivity index is 1.53. The fourth-order valence-corrected chi connectivity index (χ4v) is 2.98. The predicted molar refractivity (Wildman–Crippen MR) is 77.8 cm³/mol. The molecule has 1 saturated carbocycles. The Morgan fingerprint density at radius 3 is 2.95 bits per heavy atom. The third kappa shape index (κ3) is 2.42. The lowest BCUT2D eigenvalue weighted by atomic mass is 10.1. The highest BCUT2D eigenvalue weighted by atomic mass is 16.5. The fraction of sp³-hybridized carbons (Fsp3) is 0.400. The Morgan fingerprint density at radius 1 is 1.24 bits per heavy atom. The van der Waals surface area contributed by atoms with Crippen molar-refractivity contribution in [1.82, 2.24) is 20.1 Å². The maximum absolute atomic E-state index is 5.93. The summed E-state index contributed by atoms with van der Waals surface area (Å²) in [6, 6.07) is 8.22. The average molecular weight is 283 g/mol. The normalized spacial score (nSPS) is 22.1. The zero-order valence-corrected chi connectivity index (χ0v) is 11.6. The summed E-state index contributed by atoms with van der Waals surface area (Å²) in [7, 11) is 0. The Bertz CT molecular complexity index is 729. The number of fused-ring (bicyclic) bond motifs is 1. The molecular formula is C15H17N5O. The van der Waals surface area contributed by atoms with Gasteiger partial charge in [0.15, 0.2) is 5.82 Å². The third-order valence-electron chi connectivity index (χ3n) is 4.07. The molecule has 4 rings (SSSR count). The number of hydrogen-bond acceptors (Lipinski definition) is 5. The van der Waals surface area contributed by atoms with Gasteiger partial charge in [-0.25, -0.2) is 4.98 Å². The Hall–Kier alpha value is -2.21. The smallest absolute Gasteiger partial charge is 0.229 e. The summed E-state index contributed by atoms with van der Waals surface area (Å²) < 4.78 is 5.38. The minimum absolute atomic E-state index is 0.265. The molecule has 0 bridgehead atoms. The van der Waals surface area contributed by atoms with E-state index in [1.165, 1.54) is 0 Å². The highest BCUT2D eigenvalue weighted by Gasteiger charge is 2.27. The van der Waals surface area contributed by atoms with Crippen molar-refractivity contribution in [3.63, 3.8) is 0 Å².